The molecule has 1 amide bonds. The molecule has 0 bridgehead atoms. The van der Waals surface area contributed by atoms with Gasteiger partial charge in [-0.2, -0.15) is 0 Å². The van der Waals surface area contributed by atoms with E-state index in [4.69, 9.17) is 30.5 Å². The van der Waals surface area contributed by atoms with Gasteiger partial charge >= 0.3 is 5.97 Å². The van der Waals surface area contributed by atoms with Gasteiger partial charge in [0.15, 0.2) is 18.1 Å². The highest BCUT2D eigenvalue weighted by molar-refractivity contribution is 6.32. The van der Waals surface area contributed by atoms with E-state index >= 15 is 0 Å². The molecule has 2 atom stereocenters. The van der Waals surface area contributed by atoms with Crippen LogP contribution in [-0.4, -0.2) is 62.4 Å². The molecule has 1 aromatic carbocycles. The molecule has 26 heavy (non-hydrogen) atoms. The number of amides is 1. The van der Waals surface area contributed by atoms with E-state index in [0.29, 0.717) is 31.2 Å². The zero-order valence-corrected chi connectivity index (χ0v) is 16.2. The zero-order chi connectivity index (χ0) is 19.3. The minimum absolute atomic E-state index is 0.0485. The van der Waals surface area contributed by atoms with Crippen molar-refractivity contribution in [3.63, 3.8) is 0 Å². The van der Waals surface area contributed by atoms with Crippen molar-refractivity contribution in [3.8, 4) is 11.5 Å². The molecule has 1 heterocycles. The number of carbonyl (C=O) groups excluding carboxylic acids is 2. The molecule has 0 saturated carbocycles. The van der Waals surface area contributed by atoms with Gasteiger partial charge in [0.2, 0.25) is 0 Å². The Morgan fingerprint density at radius 1 is 1.27 bits per heavy atom. The molecule has 1 fully saturated rings. The predicted molar refractivity (Wildman–Crippen MR) is 96.0 cm³/mol. The number of morpholine rings is 1. The first kappa shape index (κ1) is 20.3. The monoisotopic (exact) mass is 385 g/mol. The molecule has 0 spiro atoms. The molecular formula is C18H24ClNO6. The lowest BCUT2D eigenvalue weighted by Gasteiger charge is -2.35. The Bertz CT molecular complexity index is 655. The van der Waals surface area contributed by atoms with E-state index in [2.05, 4.69) is 0 Å². The standard InChI is InChI=1S/C18H24ClNO6/c1-5-24-17-14(19)6-13(7-15(17)23-4)18(22)25-10-16(21)20-8-11(2)26-12(3)9-20/h6-7,11-12H,5,8-10H2,1-4H3/t11-,12-/m1/s1. The van der Waals surface area contributed by atoms with Crippen molar-refractivity contribution in [3.05, 3.63) is 22.7 Å². The van der Waals surface area contributed by atoms with Crippen LogP contribution >= 0.6 is 11.6 Å². The van der Waals surface area contributed by atoms with Gasteiger partial charge < -0.3 is 23.8 Å². The van der Waals surface area contributed by atoms with Crippen LogP contribution < -0.4 is 9.47 Å². The average Bonchev–Trinajstić information content (AvgIpc) is 2.60. The molecule has 1 aliphatic rings. The van der Waals surface area contributed by atoms with Gasteiger partial charge in [-0.15, -0.1) is 0 Å². The highest BCUT2D eigenvalue weighted by Crippen LogP contribution is 2.36. The van der Waals surface area contributed by atoms with Crippen LogP contribution in [-0.2, 0) is 14.3 Å². The van der Waals surface area contributed by atoms with Crippen LogP contribution in [0.3, 0.4) is 0 Å². The summed E-state index contributed by atoms with van der Waals surface area (Å²) in [5.41, 5.74) is 0.187. The van der Waals surface area contributed by atoms with E-state index in [0.717, 1.165) is 0 Å². The van der Waals surface area contributed by atoms with Crippen LogP contribution in [0.1, 0.15) is 31.1 Å². The van der Waals surface area contributed by atoms with E-state index in [-0.39, 0.29) is 35.3 Å². The maximum absolute atomic E-state index is 12.3. The second kappa shape index (κ2) is 9.09. The molecule has 2 rings (SSSR count). The number of esters is 1. The highest BCUT2D eigenvalue weighted by atomic mass is 35.5. The summed E-state index contributed by atoms with van der Waals surface area (Å²) >= 11 is 6.15. The van der Waals surface area contributed by atoms with Crippen molar-refractivity contribution in [1.82, 2.24) is 4.90 Å². The molecule has 0 radical (unpaired) electrons. The summed E-state index contributed by atoms with van der Waals surface area (Å²) in [7, 11) is 1.45. The van der Waals surface area contributed by atoms with Crippen LogP contribution in [0.2, 0.25) is 5.02 Å². The Morgan fingerprint density at radius 2 is 1.92 bits per heavy atom. The highest BCUT2D eigenvalue weighted by Gasteiger charge is 2.26. The second-order valence-corrected chi connectivity index (χ2v) is 6.46. The molecule has 0 aromatic heterocycles. The summed E-state index contributed by atoms with van der Waals surface area (Å²) in [6.07, 6.45) is -0.0971. The van der Waals surface area contributed by atoms with Crippen LogP contribution in [0, 0.1) is 0 Å². The van der Waals surface area contributed by atoms with Crippen LogP contribution in [0.25, 0.3) is 0 Å². The Kier molecular flexibility index (Phi) is 7.11. The minimum Gasteiger partial charge on any atom is -0.493 e. The van der Waals surface area contributed by atoms with Gasteiger partial charge in [-0.25, -0.2) is 4.79 Å². The number of halogens is 1. The molecule has 1 aliphatic heterocycles. The quantitative estimate of drug-likeness (QED) is 0.700. The summed E-state index contributed by atoms with van der Waals surface area (Å²) in [5, 5.41) is 0.236. The van der Waals surface area contributed by atoms with Crippen LogP contribution in [0.15, 0.2) is 12.1 Å². The van der Waals surface area contributed by atoms with Gasteiger partial charge in [-0.3, -0.25) is 4.79 Å². The van der Waals surface area contributed by atoms with Gasteiger partial charge in [-0.1, -0.05) is 11.6 Å². The lowest BCUT2D eigenvalue weighted by atomic mass is 10.2. The SMILES string of the molecule is CCOc1c(Cl)cc(C(=O)OCC(=O)N2C[C@@H](C)O[C@H](C)C2)cc1OC. The molecular weight excluding hydrogens is 362 g/mol. The van der Waals surface area contributed by atoms with Crippen molar-refractivity contribution in [2.45, 2.75) is 33.0 Å². The van der Waals surface area contributed by atoms with E-state index < -0.39 is 5.97 Å². The Hall–Kier alpha value is -1.99. The molecule has 1 saturated heterocycles. The fraction of sp³-hybridized carbons (Fsp3) is 0.556. The fourth-order valence-electron chi connectivity index (χ4n) is 2.81. The smallest absolute Gasteiger partial charge is 0.338 e. The first-order valence-corrected chi connectivity index (χ1v) is 8.84. The van der Waals surface area contributed by atoms with Gasteiger partial charge in [0.1, 0.15) is 0 Å². The molecule has 0 aliphatic carbocycles. The number of rotatable bonds is 6. The van der Waals surface area contributed by atoms with Crippen molar-refractivity contribution >= 4 is 23.5 Å². The first-order valence-electron chi connectivity index (χ1n) is 8.46. The maximum atomic E-state index is 12.3. The number of hydrogen-bond donors (Lipinski definition) is 0. The Labute approximate surface area is 158 Å². The molecule has 0 N–H and O–H groups in total. The summed E-state index contributed by atoms with van der Waals surface area (Å²) < 4.78 is 21.3. The number of ether oxygens (including phenoxy) is 4. The molecule has 144 valence electrons. The Balaban J connectivity index is 2.01. The summed E-state index contributed by atoms with van der Waals surface area (Å²) in [6, 6.07) is 2.91. The van der Waals surface area contributed by atoms with E-state index in [1.165, 1.54) is 19.2 Å². The zero-order valence-electron chi connectivity index (χ0n) is 15.4. The van der Waals surface area contributed by atoms with E-state index in [9.17, 15) is 9.59 Å². The third-order valence-electron chi connectivity index (χ3n) is 3.85. The third kappa shape index (κ3) is 5.02. The van der Waals surface area contributed by atoms with Crippen molar-refractivity contribution in [1.29, 1.82) is 0 Å². The summed E-state index contributed by atoms with van der Waals surface area (Å²) in [5.74, 6) is -0.227. The Morgan fingerprint density at radius 3 is 2.50 bits per heavy atom. The maximum Gasteiger partial charge on any atom is 0.338 e. The van der Waals surface area contributed by atoms with Gasteiger partial charge in [0.05, 0.1) is 36.5 Å². The average molecular weight is 386 g/mol. The lowest BCUT2D eigenvalue weighted by molar-refractivity contribution is -0.146. The molecule has 7 nitrogen and oxygen atoms in total. The fourth-order valence-corrected chi connectivity index (χ4v) is 3.07. The normalized spacial score (nSPS) is 19.8. The summed E-state index contributed by atoms with van der Waals surface area (Å²) in [6.45, 7) is 6.63. The van der Waals surface area contributed by atoms with Crippen LogP contribution in [0.4, 0.5) is 0 Å². The summed E-state index contributed by atoms with van der Waals surface area (Å²) in [4.78, 5) is 26.2. The predicted octanol–water partition coefficient (Wildman–Crippen LogP) is 2.54. The largest absolute Gasteiger partial charge is 0.493 e. The van der Waals surface area contributed by atoms with Gasteiger partial charge in [-0.05, 0) is 32.9 Å². The second-order valence-electron chi connectivity index (χ2n) is 6.05. The van der Waals surface area contributed by atoms with Crippen molar-refractivity contribution in [2.75, 3.05) is 33.4 Å². The number of carbonyl (C=O) groups is 2. The van der Waals surface area contributed by atoms with Crippen LogP contribution in [0.5, 0.6) is 11.5 Å². The lowest BCUT2D eigenvalue weighted by Crippen LogP contribution is -2.49. The van der Waals surface area contributed by atoms with Crippen molar-refractivity contribution < 1.29 is 28.5 Å². The topological polar surface area (TPSA) is 74.3 Å². The van der Waals surface area contributed by atoms with Crippen molar-refractivity contribution in [2.24, 2.45) is 0 Å². The molecule has 0 unspecified atom stereocenters. The van der Waals surface area contributed by atoms with E-state index in [1.807, 2.05) is 20.8 Å². The number of methoxy groups -OCH3 is 1. The van der Waals surface area contributed by atoms with E-state index in [1.54, 1.807) is 4.90 Å². The number of hydrogen-bond acceptors (Lipinski definition) is 6. The minimum atomic E-state index is -0.657. The number of benzene rings is 1. The third-order valence-corrected chi connectivity index (χ3v) is 4.13. The number of nitrogens with zero attached hydrogens (tertiary/aromatic N) is 1. The first-order chi connectivity index (χ1) is 12.3. The molecule has 1 aromatic rings. The van der Waals surface area contributed by atoms with Gasteiger partial charge in [0, 0.05) is 13.1 Å². The van der Waals surface area contributed by atoms with Gasteiger partial charge in [0.25, 0.3) is 5.91 Å². The molecule has 8 heteroatoms.